The van der Waals surface area contributed by atoms with Gasteiger partial charge in [0.25, 0.3) is 5.91 Å². The van der Waals surface area contributed by atoms with E-state index >= 15 is 0 Å². The van der Waals surface area contributed by atoms with Crippen LogP contribution in [0.5, 0.6) is 17.2 Å². The van der Waals surface area contributed by atoms with E-state index in [1.807, 2.05) is 6.07 Å². The van der Waals surface area contributed by atoms with E-state index in [1.54, 1.807) is 12.1 Å². The molecule has 0 aliphatic heterocycles. The van der Waals surface area contributed by atoms with Crippen molar-refractivity contribution in [2.45, 2.75) is 0 Å². The summed E-state index contributed by atoms with van der Waals surface area (Å²) in [6.07, 6.45) is 1.45. The third-order valence-corrected chi connectivity index (χ3v) is 3.98. The number of hydrogen-bond acceptors (Lipinski definition) is 5. The molecule has 0 aromatic heterocycles. The summed E-state index contributed by atoms with van der Waals surface area (Å²) >= 11 is 3.38. The molecule has 2 aromatic rings. The Labute approximate surface area is 153 Å². The predicted octanol–water partition coefficient (Wildman–Crippen LogP) is 3.72. The highest BCUT2D eigenvalue weighted by atomic mass is 79.9. The standard InChI is InChI=1S/C18H15BrN2O4/c1-24-16-8-11(15(19)9-17(16)25-2)7-12(10-20)18(23)21-13-3-5-14(22)6-4-13/h3-9,22H,1-2H3,(H,21,23)/b12-7+. The quantitative estimate of drug-likeness (QED) is 0.451. The number of hydrogen-bond donors (Lipinski definition) is 2. The molecule has 6 nitrogen and oxygen atoms in total. The van der Waals surface area contributed by atoms with E-state index in [2.05, 4.69) is 21.2 Å². The van der Waals surface area contributed by atoms with Gasteiger partial charge in [0.05, 0.1) is 14.2 Å². The number of rotatable bonds is 5. The Balaban J connectivity index is 2.32. The normalized spacial score (nSPS) is 10.7. The summed E-state index contributed by atoms with van der Waals surface area (Å²) in [6.45, 7) is 0. The van der Waals surface area contributed by atoms with Gasteiger partial charge in [0.2, 0.25) is 0 Å². The molecule has 0 atom stereocenters. The number of carbonyl (C=O) groups excluding carboxylic acids is 1. The molecule has 25 heavy (non-hydrogen) atoms. The Kier molecular flexibility index (Phi) is 6.03. The van der Waals surface area contributed by atoms with E-state index in [0.29, 0.717) is 27.2 Å². The largest absolute Gasteiger partial charge is 0.508 e. The van der Waals surface area contributed by atoms with E-state index in [0.717, 1.165) is 0 Å². The highest BCUT2D eigenvalue weighted by molar-refractivity contribution is 9.10. The fourth-order valence-electron chi connectivity index (χ4n) is 2.03. The van der Waals surface area contributed by atoms with Gasteiger partial charge in [0.1, 0.15) is 17.4 Å². The first-order valence-corrected chi connectivity index (χ1v) is 7.91. The van der Waals surface area contributed by atoms with Crippen LogP contribution in [-0.2, 0) is 4.79 Å². The molecule has 2 N–H and O–H groups in total. The van der Waals surface area contributed by atoms with Gasteiger partial charge in [-0.15, -0.1) is 0 Å². The topological polar surface area (TPSA) is 91.6 Å². The van der Waals surface area contributed by atoms with Gasteiger partial charge in [-0.2, -0.15) is 5.26 Å². The van der Waals surface area contributed by atoms with E-state index in [1.165, 1.54) is 44.6 Å². The van der Waals surface area contributed by atoms with Gasteiger partial charge in [-0.05, 0) is 48.0 Å². The second kappa shape index (κ2) is 8.22. The number of nitriles is 1. The van der Waals surface area contributed by atoms with Gasteiger partial charge in [0, 0.05) is 10.2 Å². The first kappa shape index (κ1) is 18.4. The Hall–Kier alpha value is -2.98. The molecule has 0 spiro atoms. The van der Waals surface area contributed by atoms with E-state index in [9.17, 15) is 15.2 Å². The number of carbonyl (C=O) groups is 1. The molecular formula is C18H15BrN2O4. The lowest BCUT2D eigenvalue weighted by molar-refractivity contribution is -0.112. The maximum absolute atomic E-state index is 12.3. The number of halogens is 1. The fraction of sp³-hybridized carbons (Fsp3) is 0.111. The van der Waals surface area contributed by atoms with Crippen molar-refractivity contribution in [3.05, 3.63) is 52.0 Å². The summed E-state index contributed by atoms with van der Waals surface area (Å²) in [5.41, 5.74) is 0.978. The predicted molar refractivity (Wildman–Crippen MR) is 97.6 cm³/mol. The van der Waals surface area contributed by atoms with Gasteiger partial charge >= 0.3 is 0 Å². The average molecular weight is 403 g/mol. The van der Waals surface area contributed by atoms with Crippen molar-refractivity contribution in [3.8, 4) is 23.3 Å². The number of aromatic hydroxyl groups is 1. The average Bonchev–Trinajstić information content (AvgIpc) is 2.62. The highest BCUT2D eigenvalue weighted by Crippen LogP contribution is 2.34. The number of nitrogens with one attached hydrogen (secondary N) is 1. The molecule has 0 aliphatic carbocycles. The van der Waals surface area contributed by atoms with Crippen molar-refractivity contribution in [2.24, 2.45) is 0 Å². The minimum absolute atomic E-state index is 0.0824. The third kappa shape index (κ3) is 4.52. The van der Waals surface area contributed by atoms with Crippen LogP contribution >= 0.6 is 15.9 Å². The second-order valence-electron chi connectivity index (χ2n) is 4.90. The minimum atomic E-state index is -0.560. The maximum Gasteiger partial charge on any atom is 0.266 e. The van der Waals surface area contributed by atoms with Crippen LogP contribution < -0.4 is 14.8 Å². The van der Waals surface area contributed by atoms with Gasteiger partial charge < -0.3 is 19.9 Å². The van der Waals surface area contributed by atoms with Crippen molar-refractivity contribution >= 4 is 33.6 Å². The summed E-state index contributed by atoms with van der Waals surface area (Å²) in [5.74, 6) is 0.532. The SMILES string of the molecule is COc1cc(Br)c(/C=C(\C#N)C(=O)Nc2ccc(O)cc2)cc1OC. The molecule has 0 radical (unpaired) electrons. The van der Waals surface area contributed by atoms with E-state index in [-0.39, 0.29) is 11.3 Å². The number of amides is 1. The van der Waals surface area contributed by atoms with Gasteiger partial charge in [-0.1, -0.05) is 15.9 Å². The van der Waals surface area contributed by atoms with Crippen molar-refractivity contribution in [2.75, 3.05) is 19.5 Å². The molecule has 0 fully saturated rings. The van der Waals surface area contributed by atoms with Crippen LogP contribution in [0.15, 0.2) is 46.4 Å². The van der Waals surface area contributed by atoms with Crippen LogP contribution in [0, 0.1) is 11.3 Å². The van der Waals surface area contributed by atoms with Crippen molar-refractivity contribution in [1.29, 1.82) is 5.26 Å². The summed E-state index contributed by atoms with van der Waals surface area (Å²) in [4.78, 5) is 12.3. The van der Waals surface area contributed by atoms with Crippen LogP contribution in [0.2, 0.25) is 0 Å². The summed E-state index contributed by atoms with van der Waals surface area (Å²) in [7, 11) is 3.02. The molecule has 128 valence electrons. The maximum atomic E-state index is 12.3. The molecular weight excluding hydrogens is 388 g/mol. The summed E-state index contributed by atoms with van der Waals surface area (Å²) in [5, 5.41) is 21.2. The number of nitrogens with zero attached hydrogens (tertiary/aromatic N) is 1. The molecule has 2 aromatic carbocycles. The molecule has 0 unspecified atom stereocenters. The lowest BCUT2D eigenvalue weighted by Crippen LogP contribution is -2.13. The number of ether oxygens (including phenoxy) is 2. The Morgan fingerprint density at radius 2 is 1.80 bits per heavy atom. The number of phenols is 1. The summed E-state index contributed by atoms with van der Waals surface area (Å²) in [6, 6.07) is 11.2. The third-order valence-electron chi connectivity index (χ3n) is 3.29. The number of phenolic OH excluding ortho intramolecular Hbond substituents is 1. The van der Waals surface area contributed by atoms with E-state index < -0.39 is 5.91 Å². The van der Waals surface area contributed by atoms with Gasteiger partial charge in [-0.25, -0.2) is 0 Å². The van der Waals surface area contributed by atoms with Crippen LogP contribution in [0.25, 0.3) is 6.08 Å². The minimum Gasteiger partial charge on any atom is -0.508 e. The summed E-state index contributed by atoms with van der Waals surface area (Å²) < 4.78 is 11.1. The van der Waals surface area contributed by atoms with Crippen LogP contribution in [0.4, 0.5) is 5.69 Å². The molecule has 0 heterocycles. The molecule has 2 rings (SSSR count). The fourth-order valence-corrected chi connectivity index (χ4v) is 2.46. The van der Waals surface area contributed by atoms with Crippen LogP contribution in [0.1, 0.15) is 5.56 Å². The van der Waals surface area contributed by atoms with Gasteiger partial charge in [0.15, 0.2) is 11.5 Å². The molecule has 1 amide bonds. The molecule has 7 heteroatoms. The van der Waals surface area contributed by atoms with Crippen molar-refractivity contribution in [3.63, 3.8) is 0 Å². The second-order valence-corrected chi connectivity index (χ2v) is 5.75. The highest BCUT2D eigenvalue weighted by Gasteiger charge is 2.13. The monoisotopic (exact) mass is 402 g/mol. The molecule has 0 aliphatic rings. The number of methoxy groups -OCH3 is 2. The molecule has 0 bridgehead atoms. The molecule has 0 saturated carbocycles. The molecule has 0 saturated heterocycles. The Morgan fingerprint density at radius 1 is 1.20 bits per heavy atom. The first-order valence-electron chi connectivity index (χ1n) is 7.12. The number of benzene rings is 2. The Morgan fingerprint density at radius 3 is 2.36 bits per heavy atom. The zero-order valence-corrected chi connectivity index (χ0v) is 15.1. The number of anilines is 1. The first-order chi connectivity index (χ1) is 12.0. The van der Waals surface area contributed by atoms with Crippen LogP contribution in [-0.4, -0.2) is 25.2 Å². The van der Waals surface area contributed by atoms with E-state index in [4.69, 9.17) is 9.47 Å². The zero-order chi connectivity index (χ0) is 18.4. The van der Waals surface area contributed by atoms with Crippen molar-refractivity contribution < 1.29 is 19.4 Å². The lowest BCUT2D eigenvalue weighted by Gasteiger charge is -2.10. The smallest absolute Gasteiger partial charge is 0.266 e. The lowest BCUT2D eigenvalue weighted by atomic mass is 10.1. The zero-order valence-electron chi connectivity index (χ0n) is 13.5. The van der Waals surface area contributed by atoms with Crippen molar-refractivity contribution in [1.82, 2.24) is 0 Å². The van der Waals surface area contributed by atoms with Crippen LogP contribution in [0.3, 0.4) is 0 Å². The Bertz CT molecular complexity index is 855. The van der Waals surface area contributed by atoms with Gasteiger partial charge in [-0.3, -0.25) is 4.79 Å².